The van der Waals surface area contributed by atoms with Crippen LogP contribution in [0.4, 0.5) is 0 Å². The highest BCUT2D eigenvalue weighted by atomic mass is 32.1. The minimum atomic E-state index is -0.282. The standard InChI is InChI=1S/C11H15N3OS/c1-4-12-11(2,3)10-13-9(14-15-10)8-5-6-16-7-8/h5-7,12H,4H2,1-3H3. The van der Waals surface area contributed by atoms with Gasteiger partial charge in [0, 0.05) is 10.9 Å². The summed E-state index contributed by atoms with van der Waals surface area (Å²) in [6.45, 7) is 6.98. The lowest BCUT2D eigenvalue weighted by Gasteiger charge is -2.20. The van der Waals surface area contributed by atoms with E-state index in [-0.39, 0.29) is 5.54 Å². The second kappa shape index (κ2) is 4.35. The number of hydrogen-bond donors (Lipinski definition) is 1. The van der Waals surface area contributed by atoms with E-state index in [0.717, 1.165) is 12.1 Å². The lowest BCUT2D eigenvalue weighted by molar-refractivity contribution is 0.272. The third kappa shape index (κ3) is 2.15. The zero-order valence-electron chi connectivity index (χ0n) is 9.65. The molecule has 0 aromatic carbocycles. The van der Waals surface area contributed by atoms with Crippen molar-refractivity contribution >= 4 is 11.3 Å². The number of aromatic nitrogens is 2. The highest BCUT2D eigenvalue weighted by Gasteiger charge is 2.26. The molecule has 2 rings (SSSR count). The molecule has 0 aliphatic rings. The zero-order valence-corrected chi connectivity index (χ0v) is 10.5. The van der Waals surface area contributed by atoms with Crippen LogP contribution >= 0.6 is 11.3 Å². The quantitative estimate of drug-likeness (QED) is 0.888. The van der Waals surface area contributed by atoms with Crippen molar-refractivity contribution in [1.29, 1.82) is 0 Å². The fraction of sp³-hybridized carbons (Fsp3) is 0.455. The van der Waals surface area contributed by atoms with E-state index in [2.05, 4.69) is 22.4 Å². The van der Waals surface area contributed by atoms with E-state index >= 15 is 0 Å². The van der Waals surface area contributed by atoms with Crippen LogP contribution in [0, 0.1) is 0 Å². The normalized spacial score (nSPS) is 11.9. The van der Waals surface area contributed by atoms with Gasteiger partial charge in [0.2, 0.25) is 11.7 Å². The smallest absolute Gasteiger partial charge is 0.246 e. The summed E-state index contributed by atoms with van der Waals surface area (Å²) in [5.74, 6) is 1.28. The van der Waals surface area contributed by atoms with Crippen molar-refractivity contribution in [1.82, 2.24) is 15.5 Å². The second-order valence-corrected chi connectivity index (χ2v) is 4.87. The van der Waals surface area contributed by atoms with Gasteiger partial charge in [-0.05, 0) is 31.8 Å². The van der Waals surface area contributed by atoms with Crippen LogP contribution < -0.4 is 5.32 Å². The van der Waals surface area contributed by atoms with Crippen molar-refractivity contribution < 1.29 is 4.52 Å². The van der Waals surface area contributed by atoms with Gasteiger partial charge in [-0.15, -0.1) is 0 Å². The van der Waals surface area contributed by atoms with E-state index in [4.69, 9.17) is 4.52 Å². The predicted molar refractivity (Wildman–Crippen MR) is 64.3 cm³/mol. The molecule has 0 radical (unpaired) electrons. The molecule has 2 aromatic rings. The van der Waals surface area contributed by atoms with E-state index < -0.39 is 0 Å². The predicted octanol–water partition coefficient (Wildman–Crippen LogP) is 2.64. The number of nitrogens with one attached hydrogen (secondary N) is 1. The van der Waals surface area contributed by atoms with Crippen LogP contribution in [-0.4, -0.2) is 16.7 Å². The molecule has 0 aliphatic heterocycles. The molecule has 2 heterocycles. The van der Waals surface area contributed by atoms with Gasteiger partial charge >= 0.3 is 0 Å². The molecule has 5 heteroatoms. The third-order valence-corrected chi connectivity index (χ3v) is 3.04. The molecule has 0 bridgehead atoms. The van der Waals surface area contributed by atoms with Crippen LogP contribution in [0.3, 0.4) is 0 Å². The van der Waals surface area contributed by atoms with Crippen molar-refractivity contribution in [2.45, 2.75) is 26.3 Å². The topological polar surface area (TPSA) is 51.0 Å². The summed E-state index contributed by atoms with van der Waals surface area (Å²) >= 11 is 1.62. The van der Waals surface area contributed by atoms with Crippen molar-refractivity contribution in [2.75, 3.05) is 6.54 Å². The lowest BCUT2D eigenvalue weighted by atomic mass is 10.1. The maximum Gasteiger partial charge on any atom is 0.246 e. The van der Waals surface area contributed by atoms with Crippen molar-refractivity contribution in [3.8, 4) is 11.4 Å². The third-order valence-electron chi connectivity index (χ3n) is 2.36. The van der Waals surface area contributed by atoms with Gasteiger partial charge in [0.25, 0.3) is 0 Å². The largest absolute Gasteiger partial charge is 0.337 e. The monoisotopic (exact) mass is 237 g/mol. The van der Waals surface area contributed by atoms with Crippen molar-refractivity contribution in [2.24, 2.45) is 0 Å². The summed E-state index contributed by atoms with van der Waals surface area (Å²) in [6.07, 6.45) is 0. The Morgan fingerprint density at radius 1 is 1.50 bits per heavy atom. The van der Waals surface area contributed by atoms with Gasteiger partial charge in [-0.3, -0.25) is 0 Å². The molecular formula is C11H15N3OS. The van der Waals surface area contributed by atoms with Gasteiger partial charge in [-0.2, -0.15) is 16.3 Å². The minimum absolute atomic E-state index is 0.282. The first-order valence-corrected chi connectivity index (χ1v) is 6.19. The van der Waals surface area contributed by atoms with Crippen LogP contribution in [0.5, 0.6) is 0 Å². The van der Waals surface area contributed by atoms with Gasteiger partial charge in [-0.1, -0.05) is 12.1 Å². The van der Waals surface area contributed by atoms with Crippen LogP contribution in [0.15, 0.2) is 21.3 Å². The van der Waals surface area contributed by atoms with E-state index in [1.54, 1.807) is 11.3 Å². The van der Waals surface area contributed by atoms with E-state index in [0.29, 0.717) is 11.7 Å². The highest BCUT2D eigenvalue weighted by Crippen LogP contribution is 2.23. The first kappa shape index (κ1) is 11.3. The summed E-state index contributed by atoms with van der Waals surface area (Å²) in [4.78, 5) is 4.41. The Kier molecular flexibility index (Phi) is 3.07. The molecule has 0 amide bonds. The Balaban J connectivity index is 2.26. The molecule has 0 saturated carbocycles. The Bertz CT molecular complexity index is 448. The van der Waals surface area contributed by atoms with Gasteiger partial charge in [-0.25, -0.2) is 0 Å². The van der Waals surface area contributed by atoms with Crippen LogP contribution in [0.2, 0.25) is 0 Å². The van der Waals surface area contributed by atoms with Gasteiger partial charge in [0.1, 0.15) is 0 Å². The summed E-state index contributed by atoms with van der Waals surface area (Å²) in [7, 11) is 0. The highest BCUT2D eigenvalue weighted by molar-refractivity contribution is 7.08. The molecule has 0 aliphatic carbocycles. The summed E-state index contributed by atoms with van der Waals surface area (Å²) in [5.41, 5.74) is 0.725. The van der Waals surface area contributed by atoms with Crippen molar-refractivity contribution in [3.63, 3.8) is 0 Å². The van der Waals surface area contributed by atoms with Crippen LogP contribution in [0.25, 0.3) is 11.4 Å². The SMILES string of the molecule is CCNC(C)(C)c1nc(-c2ccsc2)no1. The Morgan fingerprint density at radius 3 is 2.94 bits per heavy atom. The summed E-state index contributed by atoms with van der Waals surface area (Å²) in [6, 6.07) is 1.99. The molecule has 2 aromatic heterocycles. The Labute approximate surface area is 98.7 Å². The molecule has 86 valence electrons. The number of rotatable bonds is 4. The fourth-order valence-electron chi connectivity index (χ4n) is 1.50. The van der Waals surface area contributed by atoms with Gasteiger partial charge in [0.15, 0.2) is 0 Å². The van der Waals surface area contributed by atoms with E-state index in [9.17, 15) is 0 Å². The average molecular weight is 237 g/mol. The first-order valence-electron chi connectivity index (χ1n) is 5.25. The Morgan fingerprint density at radius 2 is 2.31 bits per heavy atom. The molecule has 4 nitrogen and oxygen atoms in total. The molecule has 0 fully saturated rings. The zero-order chi connectivity index (χ0) is 11.6. The molecule has 0 atom stereocenters. The molecule has 0 spiro atoms. The Hall–Kier alpha value is -1.20. The van der Waals surface area contributed by atoms with E-state index in [1.165, 1.54) is 0 Å². The number of nitrogens with zero attached hydrogens (tertiary/aromatic N) is 2. The maximum atomic E-state index is 5.29. The van der Waals surface area contributed by atoms with Crippen LogP contribution in [0.1, 0.15) is 26.7 Å². The lowest BCUT2D eigenvalue weighted by Crippen LogP contribution is -2.36. The second-order valence-electron chi connectivity index (χ2n) is 4.09. The first-order chi connectivity index (χ1) is 7.63. The molecular weight excluding hydrogens is 222 g/mol. The fourth-order valence-corrected chi connectivity index (χ4v) is 2.14. The number of hydrogen-bond acceptors (Lipinski definition) is 5. The van der Waals surface area contributed by atoms with Gasteiger partial charge in [0.05, 0.1) is 5.54 Å². The molecule has 0 unspecified atom stereocenters. The van der Waals surface area contributed by atoms with Crippen molar-refractivity contribution in [3.05, 3.63) is 22.7 Å². The average Bonchev–Trinajstić information content (AvgIpc) is 2.89. The maximum absolute atomic E-state index is 5.29. The molecule has 1 N–H and O–H groups in total. The molecule has 0 saturated heterocycles. The summed E-state index contributed by atoms with van der Waals surface area (Å²) in [5, 5.41) is 11.3. The molecule has 16 heavy (non-hydrogen) atoms. The van der Waals surface area contributed by atoms with Crippen LogP contribution in [-0.2, 0) is 5.54 Å². The van der Waals surface area contributed by atoms with Gasteiger partial charge < -0.3 is 9.84 Å². The minimum Gasteiger partial charge on any atom is -0.337 e. The summed E-state index contributed by atoms with van der Waals surface area (Å²) < 4.78 is 5.29. The van der Waals surface area contributed by atoms with E-state index in [1.807, 2.05) is 30.7 Å². The number of thiophene rings is 1.